The Hall–Kier alpha value is -2.93. The lowest BCUT2D eigenvalue weighted by molar-refractivity contribution is 0.102. The lowest BCUT2D eigenvalue weighted by Crippen LogP contribution is -2.17. The Morgan fingerprint density at radius 3 is 2.66 bits per heavy atom. The lowest BCUT2D eigenvalue weighted by Gasteiger charge is -2.14. The van der Waals surface area contributed by atoms with Gasteiger partial charge in [-0.3, -0.25) is 9.00 Å². The predicted octanol–water partition coefficient (Wildman–Crippen LogP) is 3.90. The van der Waals surface area contributed by atoms with Crippen LogP contribution in [0.2, 0.25) is 0 Å². The van der Waals surface area contributed by atoms with Crippen molar-refractivity contribution in [1.29, 1.82) is 0 Å². The van der Waals surface area contributed by atoms with E-state index in [1.807, 2.05) is 39.0 Å². The first-order chi connectivity index (χ1) is 14.0. The van der Waals surface area contributed by atoms with E-state index in [1.165, 1.54) is 0 Å². The number of aromatic nitrogens is 2. The van der Waals surface area contributed by atoms with Crippen LogP contribution in [0.1, 0.15) is 39.7 Å². The molecule has 1 unspecified atom stereocenters. The number of rotatable bonds is 5. The molecule has 0 aliphatic carbocycles. The highest BCUT2D eigenvalue weighted by Crippen LogP contribution is 2.33. The van der Waals surface area contributed by atoms with E-state index >= 15 is 0 Å². The van der Waals surface area contributed by atoms with Gasteiger partial charge >= 0.3 is 0 Å². The van der Waals surface area contributed by atoms with E-state index in [0.717, 1.165) is 33.8 Å². The second kappa shape index (κ2) is 7.83. The Morgan fingerprint density at radius 2 is 1.93 bits per heavy atom. The molecule has 0 saturated heterocycles. The predicted molar refractivity (Wildman–Crippen MR) is 114 cm³/mol. The van der Waals surface area contributed by atoms with Gasteiger partial charge in [0, 0.05) is 21.9 Å². The minimum atomic E-state index is -0.981. The maximum absolute atomic E-state index is 12.9. The molecular formula is C22H23N3O3S. The first-order valence-electron chi connectivity index (χ1n) is 9.54. The molecule has 3 aromatic rings. The fourth-order valence-electron chi connectivity index (χ4n) is 3.44. The number of aryl methyl sites for hydroxylation is 1. The second-order valence-corrected chi connectivity index (χ2v) is 8.50. The van der Waals surface area contributed by atoms with Crippen LogP contribution in [-0.4, -0.2) is 26.5 Å². The van der Waals surface area contributed by atoms with E-state index in [9.17, 15) is 9.00 Å². The highest BCUT2D eigenvalue weighted by molar-refractivity contribution is 7.83. The van der Waals surface area contributed by atoms with Crippen molar-refractivity contribution >= 4 is 22.5 Å². The van der Waals surface area contributed by atoms with Crippen LogP contribution in [0, 0.1) is 13.8 Å². The molecule has 1 amide bonds. The van der Waals surface area contributed by atoms with Crippen LogP contribution in [0.15, 0.2) is 42.5 Å². The first kappa shape index (κ1) is 19.4. The highest BCUT2D eigenvalue weighted by Gasteiger charge is 2.29. The van der Waals surface area contributed by atoms with E-state index in [1.54, 1.807) is 28.9 Å². The normalized spacial score (nSPS) is 15.2. The average Bonchev–Trinajstić information content (AvgIpc) is 3.22. The topological polar surface area (TPSA) is 73.2 Å². The van der Waals surface area contributed by atoms with Crippen molar-refractivity contribution in [2.45, 2.75) is 32.3 Å². The molecular weight excluding hydrogens is 386 g/mol. The summed E-state index contributed by atoms with van der Waals surface area (Å²) in [6.07, 6.45) is 0. The molecule has 29 heavy (non-hydrogen) atoms. The molecule has 0 radical (unpaired) electrons. The summed E-state index contributed by atoms with van der Waals surface area (Å²) in [5.41, 5.74) is 5.30. The van der Waals surface area contributed by atoms with Crippen LogP contribution in [-0.2, 0) is 22.3 Å². The molecule has 7 heteroatoms. The number of anilines is 1. The number of fused-ring (bicyclic) bond motifs is 1. The molecule has 0 spiro atoms. The molecule has 1 atom stereocenters. The largest absolute Gasteiger partial charge is 0.494 e. The number of amides is 1. The molecule has 0 saturated carbocycles. The van der Waals surface area contributed by atoms with E-state index in [4.69, 9.17) is 4.74 Å². The summed E-state index contributed by atoms with van der Waals surface area (Å²) in [5.74, 6) is 1.90. The number of ether oxygens (including phenoxy) is 1. The van der Waals surface area contributed by atoms with Crippen molar-refractivity contribution in [2.24, 2.45) is 0 Å². The number of hydrogen-bond donors (Lipinski definition) is 1. The number of benzene rings is 2. The first-order valence-corrected chi connectivity index (χ1v) is 11.0. The summed E-state index contributed by atoms with van der Waals surface area (Å²) in [5, 5.41) is 7.70. The minimum Gasteiger partial charge on any atom is -0.494 e. The van der Waals surface area contributed by atoms with Crippen molar-refractivity contribution in [3.63, 3.8) is 0 Å². The smallest absolute Gasteiger partial charge is 0.256 e. The SMILES string of the molecule is CCOc1ccc(C(=O)Nc2c3c(nn2-c2cccc(C)c2C)CS(=O)C3)cc1. The zero-order valence-electron chi connectivity index (χ0n) is 16.7. The fourth-order valence-corrected chi connectivity index (χ4v) is 4.71. The van der Waals surface area contributed by atoms with Crippen molar-refractivity contribution in [3.05, 3.63) is 70.4 Å². The van der Waals surface area contributed by atoms with Crippen LogP contribution in [0.5, 0.6) is 5.75 Å². The van der Waals surface area contributed by atoms with Gasteiger partial charge in [-0.25, -0.2) is 4.68 Å². The van der Waals surface area contributed by atoms with E-state index in [-0.39, 0.29) is 5.91 Å². The Balaban J connectivity index is 1.72. The summed E-state index contributed by atoms with van der Waals surface area (Å²) >= 11 is 0. The van der Waals surface area contributed by atoms with Gasteiger partial charge in [0.25, 0.3) is 5.91 Å². The molecule has 0 fully saturated rings. The number of nitrogens with one attached hydrogen (secondary N) is 1. The van der Waals surface area contributed by atoms with E-state index in [2.05, 4.69) is 10.4 Å². The molecule has 150 valence electrons. The number of hydrogen-bond acceptors (Lipinski definition) is 4. The zero-order chi connectivity index (χ0) is 20.5. The summed E-state index contributed by atoms with van der Waals surface area (Å²) in [7, 11) is -0.981. The quantitative estimate of drug-likeness (QED) is 0.694. The van der Waals surface area contributed by atoms with Crippen LogP contribution < -0.4 is 10.1 Å². The maximum atomic E-state index is 12.9. The van der Waals surface area contributed by atoms with Gasteiger partial charge in [0.05, 0.1) is 29.5 Å². The van der Waals surface area contributed by atoms with E-state index in [0.29, 0.717) is 29.5 Å². The average molecular weight is 410 g/mol. The van der Waals surface area contributed by atoms with Gasteiger partial charge < -0.3 is 10.1 Å². The molecule has 6 nitrogen and oxygen atoms in total. The molecule has 1 N–H and O–H groups in total. The molecule has 0 bridgehead atoms. The summed E-state index contributed by atoms with van der Waals surface area (Å²) < 4.78 is 19.3. The molecule has 4 rings (SSSR count). The van der Waals surface area contributed by atoms with Crippen LogP contribution >= 0.6 is 0 Å². The molecule has 2 heterocycles. The number of carbonyl (C=O) groups excluding carboxylic acids is 1. The molecule has 1 aliphatic rings. The van der Waals surface area contributed by atoms with Gasteiger partial charge in [-0.2, -0.15) is 5.10 Å². The minimum absolute atomic E-state index is 0.236. The van der Waals surface area contributed by atoms with Crippen LogP contribution in [0.4, 0.5) is 5.82 Å². The zero-order valence-corrected chi connectivity index (χ0v) is 17.5. The van der Waals surface area contributed by atoms with Crippen molar-refractivity contribution in [3.8, 4) is 11.4 Å². The Morgan fingerprint density at radius 1 is 1.17 bits per heavy atom. The van der Waals surface area contributed by atoms with Crippen molar-refractivity contribution in [2.75, 3.05) is 11.9 Å². The van der Waals surface area contributed by atoms with Gasteiger partial charge in [-0.15, -0.1) is 0 Å². The third-order valence-electron chi connectivity index (χ3n) is 5.13. The Kier molecular flexibility index (Phi) is 5.24. The summed E-state index contributed by atoms with van der Waals surface area (Å²) in [4.78, 5) is 12.9. The van der Waals surface area contributed by atoms with Gasteiger partial charge in [-0.1, -0.05) is 12.1 Å². The van der Waals surface area contributed by atoms with Gasteiger partial charge in [0.15, 0.2) is 0 Å². The Bertz CT molecular complexity index is 1100. The third-order valence-corrected chi connectivity index (χ3v) is 6.34. The summed E-state index contributed by atoms with van der Waals surface area (Å²) in [6, 6.07) is 13.0. The van der Waals surface area contributed by atoms with Crippen LogP contribution in [0.25, 0.3) is 5.69 Å². The molecule has 2 aromatic carbocycles. The van der Waals surface area contributed by atoms with Gasteiger partial charge in [-0.05, 0) is 62.2 Å². The van der Waals surface area contributed by atoms with E-state index < -0.39 is 10.8 Å². The number of carbonyl (C=O) groups is 1. The lowest BCUT2D eigenvalue weighted by atomic mass is 10.1. The van der Waals surface area contributed by atoms with Crippen molar-refractivity contribution < 1.29 is 13.7 Å². The van der Waals surface area contributed by atoms with Crippen LogP contribution in [0.3, 0.4) is 0 Å². The standard InChI is InChI=1S/C22H23N3O3S/c1-4-28-17-10-8-16(9-11-17)22(26)23-21-18-12-29(27)13-19(18)24-25(21)20-7-5-6-14(2)15(20)3/h5-11H,4,12-13H2,1-3H3,(H,23,26). The third kappa shape index (κ3) is 3.70. The number of nitrogens with zero attached hydrogens (tertiary/aromatic N) is 2. The summed E-state index contributed by atoms with van der Waals surface area (Å²) in [6.45, 7) is 6.57. The maximum Gasteiger partial charge on any atom is 0.256 e. The fraction of sp³-hybridized carbons (Fsp3) is 0.273. The molecule has 1 aliphatic heterocycles. The molecule has 1 aromatic heterocycles. The van der Waals surface area contributed by atoms with Gasteiger partial charge in [0.2, 0.25) is 0 Å². The van der Waals surface area contributed by atoms with Crippen molar-refractivity contribution in [1.82, 2.24) is 9.78 Å². The Labute approximate surface area is 172 Å². The highest BCUT2D eigenvalue weighted by atomic mass is 32.2. The monoisotopic (exact) mass is 409 g/mol. The van der Waals surface area contributed by atoms with Gasteiger partial charge in [0.1, 0.15) is 11.6 Å². The second-order valence-electron chi connectivity index (χ2n) is 7.04.